The van der Waals surface area contributed by atoms with Gasteiger partial charge in [-0.15, -0.1) is 0 Å². The van der Waals surface area contributed by atoms with E-state index in [4.69, 9.17) is 4.84 Å². The maximum absolute atomic E-state index is 4.82. The van der Waals surface area contributed by atoms with E-state index in [9.17, 15) is 0 Å². The fourth-order valence-corrected chi connectivity index (χ4v) is 1.65. The molecule has 0 fully saturated rings. The first kappa shape index (κ1) is 11.1. The number of aryl methyl sites for hydroxylation is 1. The molecule has 0 aliphatic rings. The third kappa shape index (κ3) is 3.07. The molecule has 1 rings (SSSR count). The Hall–Kier alpha value is -0.960. The zero-order chi connectivity index (χ0) is 10.4. The van der Waals surface area contributed by atoms with Gasteiger partial charge >= 0.3 is 0 Å². The van der Waals surface area contributed by atoms with Gasteiger partial charge in [-0.3, -0.25) is 0 Å². The zero-order valence-electron chi connectivity index (χ0n) is 8.78. The fourth-order valence-electron chi connectivity index (χ4n) is 1.16. The molecule has 0 radical (unpaired) electrons. The number of rotatable bonds is 4. The summed E-state index contributed by atoms with van der Waals surface area (Å²) >= 11 is 1.74. The van der Waals surface area contributed by atoms with Crippen molar-refractivity contribution in [3.8, 4) is 0 Å². The normalized spacial score (nSPS) is 11.5. The van der Waals surface area contributed by atoms with E-state index >= 15 is 0 Å². The molecule has 0 saturated heterocycles. The second kappa shape index (κ2) is 5.70. The molecule has 0 saturated carbocycles. The van der Waals surface area contributed by atoms with Crippen molar-refractivity contribution in [2.45, 2.75) is 6.92 Å². The first-order chi connectivity index (χ1) is 6.77. The van der Waals surface area contributed by atoms with Crippen LogP contribution in [0, 0.1) is 6.92 Å². The van der Waals surface area contributed by atoms with Crippen LogP contribution in [-0.4, -0.2) is 24.8 Å². The van der Waals surface area contributed by atoms with Crippen LogP contribution in [0.1, 0.15) is 11.1 Å². The Morgan fingerprint density at radius 2 is 2.00 bits per heavy atom. The molecule has 14 heavy (non-hydrogen) atoms. The lowest BCUT2D eigenvalue weighted by molar-refractivity contribution is 0.213. The monoisotopic (exact) mass is 209 g/mol. The maximum atomic E-state index is 4.82. The van der Waals surface area contributed by atoms with Crippen LogP contribution in [0.15, 0.2) is 29.4 Å². The van der Waals surface area contributed by atoms with E-state index < -0.39 is 0 Å². The molecule has 0 atom stereocenters. The maximum Gasteiger partial charge on any atom is 0.106 e. The highest BCUT2D eigenvalue weighted by atomic mass is 32.2. The Bertz CT molecular complexity index is 306. The molecule has 0 N–H and O–H groups in total. The van der Waals surface area contributed by atoms with Crippen LogP contribution < -0.4 is 0 Å². The molecular formula is C11H15NOS. The van der Waals surface area contributed by atoms with Crippen LogP contribution in [0.5, 0.6) is 0 Å². The molecule has 0 heterocycles. The summed E-state index contributed by atoms with van der Waals surface area (Å²) in [5, 5.41) is 4.01. The van der Waals surface area contributed by atoms with Crippen LogP contribution in [0.3, 0.4) is 0 Å². The summed E-state index contributed by atoms with van der Waals surface area (Å²) in [6.07, 6.45) is 2.05. The predicted octanol–water partition coefficient (Wildman–Crippen LogP) is 2.71. The summed E-state index contributed by atoms with van der Waals surface area (Å²) < 4.78 is 0. The van der Waals surface area contributed by atoms with Gasteiger partial charge in [-0.05, 0) is 13.2 Å². The van der Waals surface area contributed by atoms with Crippen LogP contribution in [0.2, 0.25) is 0 Å². The van der Waals surface area contributed by atoms with Gasteiger partial charge in [0.1, 0.15) is 7.11 Å². The van der Waals surface area contributed by atoms with Gasteiger partial charge in [-0.2, -0.15) is 11.8 Å². The molecule has 0 spiro atoms. The quantitative estimate of drug-likeness (QED) is 0.561. The van der Waals surface area contributed by atoms with Crippen molar-refractivity contribution < 1.29 is 4.84 Å². The van der Waals surface area contributed by atoms with E-state index in [0.717, 1.165) is 17.0 Å². The Kier molecular flexibility index (Phi) is 4.53. The summed E-state index contributed by atoms with van der Waals surface area (Å²) in [5.74, 6) is 0.872. The minimum Gasteiger partial charge on any atom is -0.399 e. The van der Waals surface area contributed by atoms with Crippen molar-refractivity contribution in [1.29, 1.82) is 0 Å². The van der Waals surface area contributed by atoms with Gasteiger partial charge in [-0.1, -0.05) is 35.0 Å². The number of nitrogens with zero attached hydrogens (tertiary/aromatic N) is 1. The molecule has 1 aromatic carbocycles. The molecule has 0 aliphatic carbocycles. The fraction of sp³-hybridized carbons (Fsp3) is 0.364. The lowest BCUT2D eigenvalue weighted by atomic mass is 10.1. The van der Waals surface area contributed by atoms with Crippen molar-refractivity contribution in [1.82, 2.24) is 0 Å². The van der Waals surface area contributed by atoms with Crippen LogP contribution >= 0.6 is 11.8 Å². The molecule has 2 nitrogen and oxygen atoms in total. The van der Waals surface area contributed by atoms with E-state index in [0.29, 0.717) is 0 Å². The minimum atomic E-state index is 0.872. The number of hydrogen-bond acceptors (Lipinski definition) is 3. The van der Waals surface area contributed by atoms with E-state index in [1.54, 1.807) is 18.9 Å². The van der Waals surface area contributed by atoms with E-state index in [-0.39, 0.29) is 0 Å². The average Bonchev–Trinajstić information content (AvgIpc) is 2.19. The lowest BCUT2D eigenvalue weighted by Crippen LogP contribution is -2.04. The van der Waals surface area contributed by atoms with Crippen molar-refractivity contribution in [2.24, 2.45) is 5.16 Å². The van der Waals surface area contributed by atoms with Gasteiger partial charge in [-0.25, -0.2) is 0 Å². The first-order valence-corrected chi connectivity index (χ1v) is 5.83. The van der Waals surface area contributed by atoms with Gasteiger partial charge in [0.2, 0.25) is 0 Å². The van der Waals surface area contributed by atoms with Crippen molar-refractivity contribution >= 4 is 17.5 Å². The van der Waals surface area contributed by atoms with E-state index in [1.165, 1.54) is 5.56 Å². The summed E-state index contributed by atoms with van der Waals surface area (Å²) in [7, 11) is 1.58. The minimum absolute atomic E-state index is 0.872. The molecular weight excluding hydrogens is 194 g/mol. The topological polar surface area (TPSA) is 21.6 Å². The third-order valence-corrected chi connectivity index (χ3v) is 2.43. The summed E-state index contributed by atoms with van der Waals surface area (Å²) in [5.41, 5.74) is 3.38. The number of thioether (sulfide) groups is 1. The molecule has 0 aromatic heterocycles. The van der Waals surface area contributed by atoms with Crippen LogP contribution in [0.4, 0.5) is 0 Å². The standard InChI is InChI=1S/C11H15NOS/c1-9-4-6-10(7-5-9)11(8-14-3)12-13-2/h4-7H,8H2,1-3H3. The smallest absolute Gasteiger partial charge is 0.106 e. The summed E-state index contributed by atoms with van der Waals surface area (Å²) in [6, 6.07) is 8.31. The number of oxime groups is 1. The van der Waals surface area contributed by atoms with Gasteiger partial charge in [0, 0.05) is 11.3 Å². The number of benzene rings is 1. The largest absolute Gasteiger partial charge is 0.399 e. The summed E-state index contributed by atoms with van der Waals surface area (Å²) in [4.78, 5) is 4.82. The van der Waals surface area contributed by atoms with Gasteiger partial charge < -0.3 is 4.84 Å². The highest BCUT2D eigenvalue weighted by Crippen LogP contribution is 2.08. The van der Waals surface area contributed by atoms with Crippen molar-refractivity contribution in [3.05, 3.63) is 35.4 Å². The van der Waals surface area contributed by atoms with Crippen LogP contribution in [-0.2, 0) is 4.84 Å². The Morgan fingerprint density at radius 3 is 2.50 bits per heavy atom. The molecule has 0 unspecified atom stereocenters. The van der Waals surface area contributed by atoms with Crippen molar-refractivity contribution in [3.63, 3.8) is 0 Å². The van der Waals surface area contributed by atoms with Gasteiger partial charge in [0.25, 0.3) is 0 Å². The van der Waals surface area contributed by atoms with E-state index in [2.05, 4.69) is 42.6 Å². The highest BCUT2D eigenvalue weighted by molar-refractivity contribution is 7.99. The zero-order valence-corrected chi connectivity index (χ0v) is 9.60. The molecule has 3 heteroatoms. The molecule has 1 aromatic rings. The van der Waals surface area contributed by atoms with Crippen molar-refractivity contribution in [2.75, 3.05) is 19.1 Å². The van der Waals surface area contributed by atoms with Gasteiger partial charge in [0.05, 0.1) is 5.71 Å². The second-order valence-electron chi connectivity index (χ2n) is 3.02. The Balaban J connectivity index is 2.88. The number of hydrogen-bond donors (Lipinski definition) is 0. The van der Waals surface area contributed by atoms with E-state index in [1.807, 2.05) is 0 Å². The average molecular weight is 209 g/mol. The third-order valence-electron chi connectivity index (χ3n) is 1.87. The lowest BCUT2D eigenvalue weighted by Gasteiger charge is -2.04. The molecule has 0 aliphatic heterocycles. The van der Waals surface area contributed by atoms with Crippen LogP contribution in [0.25, 0.3) is 0 Å². The van der Waals surface area contributed by atoms with Gasteiger partial charge in [0.15, 0.2) is 0 Å². The second-order valence-corrected chi connectivity index (χ2v) is 3.89. The molecule has 76 valence electrons. The highest BCUT2D eigenvalue weighted by Gasteiger charge is 2.02. The summed E-state index contributed by atoms with van der Waals surface area (Å²) in [6.45, 7) is 2.07. The SMILES string of the molecule is CON=C(CSC)c1ccc(C)cc1. The Labute approximate surface area is 89.3 Å². The molecule has 0 amide bonds. The molecule has 0 bridgehead atoms. The first-order valence-electron chi connectivity index (χ1n) is 4.44. The Morgan fingerprint density at radius 1 is 1.36 bits per heavy atom. The predicted molar refractivity (Wildman–Crippen MR) is 63.1 cm³/mol.